The van der Waals surface area contributed by atoms with Crippen LogP contribution < -0.4 is 10.6 Å². The van der Waals surface area contributed by atoms with Gasteiger partial charge in [-0.3, -0.25) is 19.8 Å². The number of rotatable bonds is 11. The summed E-state index contributed by atoms with van der Waals surface area (Å²) in [6, 6.07) is 13.7. The standard InChI is InChI=1S/C34H37Cl2FN4O7/c1-34(33(44)39-24-6-3-5-23(35)16-24)29(25-7-4-8-26(36)30(25)37)31(28(19-42)40(34)18-20-11-13-48-14-12-20)38-17-22-10-9-21(32(43)47-2)15-27(22)41(45)46/h3-10,15-16,20,28-29,31,38,42H,11-14,17-19H2,1-2H3,(H,39,44)/t28-,29-,31+,34+/m0/s1. The first-order valence-electron chi connectivity index (χ1n) is 15.5. The number of carbonyl (C=O) groups is 2. The number of hydrogen-bond acceptors (Lipinski definition) is 9. The Hall–Kier alpha value is -3.65. The first kappa shape index (κ1) is 35.7. The molecule has 14 heteroatoms. The van der Waals surface area contributed by atoms with E-state index < -0.39 is 52.8 Å². The van der Waals surface area contributed by atoms with E-state index in [9.17, 15) is 24.8 Å². The Morgan fingerprint density at radius 1 is 1.15 bits per heavy atom. The van der Waals surface area contributed by atoms with Gasteiger partial charge in [-0.05, 0) is 61.6 Å². The molecule has 4 atom stereocenters. The number of benzene rings is 3. The highest BCUT2D eigenvalue weighted by Gasteiger charge is 2.61. The number of esters is 1. The Morgan fingerprint density at radius 3 is 2.54 bits per heavy atom. The fourth-order valence-electron chi connectivity index (χ4n) is 7.00. The summed E-state index contributed by atoms with van der Waals surface area (Å²) >= 11 is 12.5. The van der Waals surface area contributed by atoms with Crippen LogP contribution in [0.3, 0.4) is 0 Å². The molecule has 2 aliphatic heterocycles. The van der Waals surface area contributed by atoms with Crippen molar-refractivity contribution >= 4 is 46.5 Å². The number of carbonyl (C=O) groups excluding carboxylic acids is 2. The molecule has 0 spiro atoms. The highest BCUT2D eigenvalue weighted by atomic mass is 35.5. The van der Waals surface area contributed by atoms with Crippen LogP contribution in [0.15, 0.2) is 60.7 Å². The third-order valence-electron chi connectivity index (χ3n) is 9.45. The number of nitro benzene ring substituents is 1. The second-order valence-corrected chi connectivity index (χ2v) is 13.0. The zero-order chi connectivity index (χ0) is 34.6. The summed E-state index contributed by atoms with van der Waals surface area (Å²) in [5.74, 6) is -2.73. The molecule has 2 heterocycles. The van der Waals surface area contributed by atoms with E-state index in [1.807, 2.05) is 4.90 Å². The van der Waals surface area contributed by atoms with E-state index in [1.54, 1.807) is 43.3 Å². The van der Waals surface area contributed by atoms with Gasteiger partial charge < -0.3 is 25.2 Å². The highest BCUT2D eigenvalue weighted by Crippen LogP contribution is 2.48. The van der Waals surface area contributed by atoms with E-state index in [2.05, 4.69) is 10.6 Å². The van der Waals surface area contributed by atoms with Crippen LogP contribution in [0.1, 0.15) is 47.2 Å². The van der Waals surface area contributed by atoms with Crippen LogP contribution in [0.4, 0.5) is 15.8 Å². The summed E-state index contributed by atoms with van der Waals surface area (Å²) in [7, 11) is 1.18. The molecule has 3 aromatic rings. The van der Waals surface area contributed by atoms with Crippen LogP contribution in [-0.2, 0) is 20.8 Å². The maximum Gasteiger partial charge on any atom is 0.338 e. The molecule has 48 heavy (non-hydrogen) atoms. The maximum atomic E-state index is 16.1. The summed E-state index contributed by atoms with van der Waals surface area (Å²) in [6.45, 7) is 2.69. The Kier molecular flexibility index (Phi) is 11.3. The zero-order valence-electron chi connectivity index (χ0n) is 26.5. The van der Waals surface area contributed by atoms with Crippen molar-refractivity contribution in [3.05, 3.63) is 103 Å². The summed E-state index contributed by atoms with van der Waals surface area (Å²) in [4.78, 5) is 40.1. The fraction of sp³-hybridized carbons (Fsp3) is 0.412. The first-order chi connectivity index (χ1) is 23.0. The molecule has 1 amide bonds. The van der Waals surface area contributed by atoms with Gasteiger partial charge in [0.25, 0.3) is 5.69 Å². The minimum absolute atomic E-state index is 0.00817. The fourth-order valence-corrected chi connectivity index (χ4v) is 7.37. The number of aliphatic hydroxyl groups is 1. The van der Waals surface area contributed by atoms with Gasteiger partial charge in [0.1, 0.15) is 11.4 Å². The van der Waals surface area contributed by atoms with Crippen LogP contribution in [0, 0.1) is 21.8 Å². The average Bonchev–Trinajstić information content (AvgIpc) is 3.32. The molecule has 0 unspecified atom stereocenters. The zero-order valence-corrected chi connectivity index (χ0v) is 28.0. The van der Waals surface area contributed by atoms with Crippen molar-refractivity contribution in [2.24, 2.45) is 5.92 Å². The molecule has 0 saturated carbocycles. The first-order valence-corrected chi connectivity index (χ1v) is 16.3. The number of nitrogens with zero attached hydrogens (tertiary/aromatic N) is 2. The van der Waals surface area contributed by atoms with E-state index in [0.29, 0.717) is 30.5 Å². The largest absolute Gasteiger partial charge is 0.465 e. The third-order valence-corrected chi connectivity index (χ3v) is 9.98. The monoisotopic (exact) mass is 702 g/mol. The van der Waals surface area contributed by atoms with Gasteiger partial charge >= 0.3 is 5.97 Å². The van der Waals surface area contributed by atoms with Gasteiger partial charge in [0.15, 0.2) is 0 Å². The Morgan fingerprint density at radius 2 is 1.88 bits per heavy atom. The highest BCUT2D eigenvalue weighted by molar-refractivity contribution is 6.31. The number of likely N-dealkylation sites (tertiary alicyclic amines) is 1. The summed E-state index contributed by atoms with van der Waals surface area (Å²) in [5, 5.41) is 29.6. The predicted molar refractivity (Wildman–Crippen MR) is 179 cm³/mol. The SMILES string of the molecule is COC(=O)c1ccc(CN[C@@H]2[C@H](CO)N(CC3CCOCC3)[C@@](C)(C(=O)Nc3cccc(Cl)c3)[C@H]2c2cccc(Cl)c2F)c([N+](=O)[O-])c1. The molecular weight excluding hydrogens is 666 g/mol. The number of anilines is 1. The van der Waals surface area contributed by atoms with Gasteiger partial charge in [0, 0.05) is 66.6 Å². The Bertz CT molecular complexity index is 1670. The molecule has 0 radical (unpaired) electrons. The van der Waals surface area contributed by atoms with Gasteiger partial charge in [-0.2, -0.15) is 0 Å². The Labute approximate surface area is 287 Å². The predicted octanol–water partition coefficient (Wildman–Crippen LogP) is 5.57. The number of aliphatic hydroxyl groups excluding tert-OH is 1. The normalized spacial score (nSPS) is 23.2. The third kappa shape index (κ3) is 7.19. The van der Waals surface area contributed by atoms with Crippen molar-refractivity contribution in [2.45, 2.75) is 49.9 Å². The van der Waals surface area contributed by atoms with E-state index >= 15 is 4.39 Å². The lowest BCUT2D eigenvalue weighted by atomic mass is 9.77. The number of nitrogens with one attached hydrogen (secondary N) is 2. The van der Waals surface area contributed by atoms with E-state index in [0.717, 1.165) is 18.9 Å². The number of hydrogen-bond donors (Lipinski definition) is 3. The van der Waals surface area contributed by atoms with Gasteiger partial charge in [-0.15, -0.1) is 0 Å². The molecule has 0 bridgehead atoms. The van der Waals surface area contributed by atoms with Crippen molar-refractivity contribution < 1.29 is 33.5 Å². The van der Waals surface area contributed by atoms with Crippen LogP contribution in [0.25, 0.3) is 0 Å². The molecule has 256 valence electrons. The second-order valence-electron chi connectivity index (χ2n) is 12.2. The van der Waals surface area contributed by atoms with Gasteiger partial charge in [0.2, 0.25) is 5.91 Å². The van der Waals surface area contributed by atoms with E-state index in [-0.39, 0.29) is 39.9 Å². The molecule has 2 fully saturated rings. The number of nitro groups is 1. The number of methoxy groups -OCH3 is 1. The van der Waals surface area contributed by atoms with E-state index in [4.69, 9.17) is 32.7 Å². The summed E-state index contributed by atoms with van der Waals surface area (Å²) < 4.78 is 26.4. The molecule has 0 aliphatic carbocycles. The van der Waals surface area contributed by atoms with Gasteiger partial charge in [0.05, 0.1) is 29.2 Å². The number of ether oxygens (including phenoxy) is 2. The smallest absolute Gasteiger partial charge is 0.338 e. The lowest BCUT2D eigenvalue weighted by Crippen LogP contribution is -2.57. The molecule has 3 N–H and O–H groups in total. The topological polar surface area (TPSA) is 143 Å². The maximum absolute atomic E-state index is 16.1. The van der Waals surface area contributed by atoms with Crippen molar-refractivity contribution in [3.63, 3.8) is 0 Å². The minimum Gasteiger partial charge on any atom is -0.465 e. The Balaban J connectivity index is 1.62. The summed E-state index contributed by atoms with van der Waals surface area (Å²) in [5.41, 5.74) is -0.973. The van der Waals surface area contributed by atoms with Crippen molar-refractivity contribution in [1.29, 1.82) is 0 Å². The van der Waals surface area contributed by atoms with Crippen molar-refractivity contribution in [1.82, 2.24) is 10.2 Å². The number of amides is 1. The van der Waals surface area contributed by atoms with Crippen molar-refractivity contribution in [2.75, 3.05) is 38.8 Å². The lowest BCUT2D eigenvalue weighted by Gasteiger charge is -2.42. The van der Waals surface area contributed by atoms with Crippen LogP contribution in [-0.4, -0.2) is 77.9 Å². The summed E-state index contributed by atoms with van der Waals surface area (Å²) in [6.07, 6.45) is 1.46. The minimum atomic E-state index is -1.47. The second kappa shape index (κ2) is 15.3. The van der Waals surface area contributed by atoms with Gasteiger partial charge in [-0.1, -0.05) is 47.5 Å². The molecule has 3 aromatic carbocycles. The average molecular weight is 704 g/mol. The lowest BCUT2D eigenvalue weighted by molar-refractivity contribution is -0.385. The van der Waals surface area contributed by atoms with Crippen LogP contribution in [0.5, 0.6) is 0 Å². The molecular formula is C34H37Cl2FN4O7. The molecule has 0 aromatic heterocycles. The van der Waals surface area contributed by atoms with Gasteiger partial charge in [-0.25, -0.2) is 9.18 Å². The molecule has 2 saturated heterocycles. The van der Waals surface area contributed by atoms with E-state index in [1.165, 1.54) is 25.3 Å². The van der Waals surface area contributed by atoms with Crippen molar-refractivity contribution in [3.8, 4) is 0 Å². The molecule has 5 rings (SSSR count). The quantitative estimate of drug-likeness (QED) is 0.133. The molecule has 2 aliphatic rings. The molecule has 11 nitrogen and oxygen atoms in total. The van der Waals surface area contributed by atoms with Crippen LogP contribution in [0.2, 0.25) is 10.0 Å². The number of halogens is 3. The van der Waals surface area contributed by atoms with Crippen LogP contribution >= 0.6 is 23.2 Å².